The summed E-state index contributed by atoms with van der Waals surface area (Å²) in [7, 11) is 1.51. The number of nitrogens with one attached hydrogen (secondary N) is 1. The Morgan fingerprint density at radius 1 is 1.11 bits per heavy atom. The summed E-state index contributed by atoms with van der Waals surface area (Å²) in [5.74, 6) is -0.0964. The smallest absolute Gasteiger partial charge is 0.294 e. The molecule has 0 spiro atoms. The van der Waals surface area contributed by atoms with Crippen molar-refractivity contribution in [1.29, 1.82) is 0 Å². The minimum atomic E-state index is -0.539. The largest absolute Gasteiger partial charge is 0.493 e. The molecule has 4 rings (SSSR count). The van der Waals surface area contributed by atoms with Gasteiger partial charge in [0.05, 0.1) is 16.5 Å². The van der Waals surface area contributed by atoms with E-state index in [9.17, 15) is 14.4 Å². The monoisotopic (exact) mass is 586 g/mol. The van der Waals surface area contributed by atoms with Crippen LogP contribution in [0.25, 0.3) is 6.08 Å². The van der Waals surface area contributed by atoms with Crippen LogP contribution in [-0.2, 0) is 16.2 Å². The van der Waals surface area contributed by atoms with Gasteiger partial charge in [-0.15, -0.1) is 0 Å². The second kappa shape index (κ2) is 11.6. The van der Waals surface area contributed by atoms with Crippen molar-refractivity contribution in [3.63, 3.8) is 0 Å². The van der Waals surface area contributed by atoms with E-state index in [0.717, 1.165) is 22.2 Å². The fourth-order valence-electron chi connectivity index (χ4n) is 3.38. The molecule has 1 saturated heterocycles. The molecule has 1 N–H and O–H groups in total. The molecule has 184 valence electrons. The summed E-state index contributed by atoms with van der Waals surface area (Å²) in [5.41, 5.74) is 2.02. The van der Waals surface area contributed by atoms with Gasteiger partial charge in [-0.2, -0.15) is 0 Å². The lowest BCUT2D eigenvalue weighted by atomic mass is 10.1. The lowest BCUT2D eigenvalue weighted by Gasteiger charge is -2.14. The lowest BCUT2D eigenvalue weighted by Crippen LogP contribution is -2.36. The maximum Gasteiger partial charge on any atom is 0.294 e. The van der Waals surface area contributed by atoms with E-state index < -0.39 is 17.1 Å². The third-order valence-electron chi connectivity index (χ3n) is 5.11. The van der Waals surface area contributed by atoms with Crippen LogP contribution in [0.1, 0.15) is 11.1 Å². The van der Waals surface area contributed by atoms with Crippen LogP contribution >= 0.6 is 39.3 Å². The highest BCUT2D eigenvalue weighted by Crippen LogP contribution is 2.39. The Hall–Kier alpha value is -3.27. The normalized spacial score (nSPS) is 14.3. The Morgan fingerprint density at radius 2 is 1.83 bits per heavy atom. The van der Waals surface area contributed by atoms with Crippen LogP contribution in [0.5, 0.6) is 11.5 Å². The molecule has 10 heteroatoms. The number of anilines is 1. The maximum absolute atomic E-state index is 12.9. The highest BCUT2D eigenvalue weighted by molar-refractivity contribution is 9.10. The van der Waals surface area contributed by atoms with Gasteiger partial charge in [0.25, 0.3) is 11.1 Å². The highest BCUT2D eigenvalue weighted by atomic mass is 79.9. The number of halogens is 2. The number of carbonyl (C=O) groups is 3. The number of amides is 3. The van der Waals surface area contributed by atoms with Crippen molar-refractivity contribution in [3.05, 3.63) is 92.3 Å². The Balaban J connectivity index is 1.48. The van der Waals surface area contributed by atoms with Crippen LogP contribution in [0.15, 0.2) is 76.1 Å². The standard InChI is InChI=1S/C26H20BrClN2O5S/c1-34-21-12-16(11-19(27)24(21)35-15-17-7-5-6-10-20(17)28)13-22-25(32)30(26(33)36-22)14-23(31)29-18-8-3-2-4-9-18/h2-13H,14-15H2,1H3,(H,29,31)/b22-13-. The number of hydrogen-bond donors (Lipinski definition) is 1. The molecular formula is C26H20BrClN2O5S. The molecule has 3 aromatic carbocycles. The summed E-state index contributed by atoms with van der Waals surface area (Å²) in [6.45, 7) is -0.142. The van der Waals surface area contributed by atoms with Gasteiger partial charge in [-0.25, -0.2) is 0 Å². The van der Waals surface area contributed by atoms with Gasteiger partial charge in [-0.3, -0.25) is 19.3 Å². The van der Waals surface area contributed by atoms with Crippen LogP contribution in [0, 0.1) is 0 Å². The maximum atomic E-state index is 12.9. The molecule has 1 fully saturated rings. The van der Waals surface area contributed by atoms with Crippen LogP contribution in [0.4, 0.5) is 10.5 Å². The summed E-state index contributed by atoms with van der Waals surface area (Å²) < 4.78 is 12.0. The molecule has 1 aliphatic rings. The first-order chi connectivity index (χ1) is 17.4. The van der Waals surface area contributed by atoms with Gasteiger partial charge >= 0.3 is 0 Å². The summed E-state index contributed by atoms with van der Waals surface area (Å²) in [4.78, 5) is 38.8. The SMILES string of the molecule is COc1cc(/C=C2\SC(=O)N(CC(=O)Nc3ccccc3)C2=O)cc(Br)c1OCc1ccccc1Cl. The molecule has 0 saturated carbocycles. The molecule has 1 aliphatic heterocycles. The molecule has 36 heavy (non-hydrogen) atoms. The number of methoxy groups -OCH3 is 1. The number of para-hydroxylation sites is 1. The van der Waals surface area contributed by atoms with Crippen molar-refractivity contribution < 1.29 is 23.9 Å². The van der Waals surface area contributed by atoms with Crippen molar-refractivity contribution in [3.8, 4) is 11.5 Å². The van der Waals surface area contributed by atoms with Gasteiger partial charge in [0.2, 0.25) is 5.91 Å². The molecule has 3 amide bonds. The minimum Gasteiger partial charge on any atom is -0.493 e. The summed E-state index contributed by atoms with van der Waals surface area (Å²) in [6, 6.07) is 19.6. The van der Waals surface area contributed by atoms with E-state index in [-0.39, 0.29) is 18.1 Å². The Bertz CT molecular complexity index is 1350. The fourth-order valence-corrected chi connectivity index (χ4v) is 4.98. The third-order valence-corrected chi connectivity index (χ3v) is 6.98. The number of imide groups is 1. The number of ether oxygens (including phenoxy) is 2. The van der Waals surface area contributed by atoms with Crippen molar-refractivity contribution in [2.45, 2.75) is 6.61 Å². The van der Waals surface area contributed by atoms with E-state index in [4.69, 9.17) is 21.1 Å². The Morgan fingerprint density at radius 3 is 2.56 bits per heavy atom. The zero-order valence-corrected chi connectivity index (χ0v) is 22.2. The van der Waals surface area contributed by atoms with Gasteiger partial charge in [-0.1, -0.05) is 48.0 Å². The van der Waals surface area contributed by atoms with Gasteiger partial charge in [0.15, 0.2) is 11.5 Å². The molecule has 0 aromatic heterocycles. The average Bonchev–Trinajstić information content (AvgIpc) is 3.11. The van der Waals surface area contributed by atoms with Crippen molar-refractivity contribution >= 4 is 68.1 Å². The predicted octanol–water partition coefficient (Wildman–Crippen LogP) is 6.37. The van der Waals surface area contributed by atoms with Gasteiger partial charge in [-0.05, 0) is 69.7 Å². The van der Waals surface area contributed by atoms with E-state index in [1.165, 1.54) is 7.11 Å². The number of benzene rings is 3. The van der Waals surface area contributed by atoms with Crippen LogP contribution < -0.4 is 14.8 Å². The molecule has 0 bridgehead atoms. The first kappa shape index (κ1) is 25.8. The summed E-state index contributed by atoms with van der Waals surface area (Å²) >= 11 is 10.5. The quantitative estimate of drug-likeness (QED) is 0.309. The molecule has 0 aliphatic carbocycles. The Labute approximate surface area is 225 Å². The summed E-state index contributed by atoms with van der Waals surface area (Å²) in [5, 5.41) is 2.75. The number of thioether (sulfide) groups is 1. The molecule has 0 atom stereocenters. The molecule has 0 unspecified atom stereocenters. The predicted molar refractivity (Wildman–Crippen MR) is 144 cm³/mol. The average molecular weight is 588 g/mol. The van der Waals surface area contributed by atoms with E-state index in [1.807, 2.05) is 24.3 Å². The molecule has 0 radical (unpaired) electrons. The van der Waals surface area contributed by atoms with E-state index in [0.29, 0.717) is 32.2 Å². The number of rotatable bonds is 8. The van der Waals surface area contributed by atoms with E-state index in [2.05, 4.69) is 21.2 Å². The number of hydrogen-bond acceptors (Lipinski definition) is 6. The number of nitrogens with zero attached hydrogens (tertiary/aromatic N) is 1. The minimum absolute atomic E-state index is 0.200. The first-order valence-corrected chi connectivity index (χ1v) is 12.7. The zero-order chi connectivity index (χ0) is 25.7. The molecule has 7 nitrogen and oxygen atoms in total. The van der Waals surface area contributed by atoms with Gasteiger partial charge in [0, 0.05) is 16.3 Å². The van der Waals surface area contributed by atoms with E-state index in [1.54, 1.807) is 48.5 Å². The summed E-state index contributed by atoms with van der Waals surface area (Å²) in [6.07, 6.45) is 1.57. The lowest BCUT2D eigenvalue weighted by molar-refractivity contribution is -0.127. The van der Waals surface area contributed by atoms with Crippen LogP contribution in [0.2, 0.25) is 5.02 Å². The molecule has 3 aromatic rings. The highest BCUT2D eigenvalue weighted by Gasteiger charge is 2.36. The second-order valence-electron chi connectivity index (χ2n) is 7.60. The third kappa shape index (κ3) is 6.10. The molecular weight excluding hydrogens is 568 g/mol. The topological polar surface area (TPSA) is 84.9 Å². The fraction of sp³-hybridized carbons (Fsp3) is 0.115. The molecule has 1 heterocycles. The number of carbonyl (C=O) groups excluding carboxylic acids is 3. The first-order valence-electron chi connectivity index (χ1n) is 10.7. The van der Waals surface area contributed by atoms with E-state index >= 15 is 0 Å². The van der Waals surface area contributed by atoms with Crippen molar-refractivity contribution in [2.75, 3.05) is 19.0 Å². The van der Waals surface area contributed by atoms with Gasteiger partial charge < -0.3 is 14.8 Å². The van der Waals surface area contributed by atoms with Crippen LogP contribution in [-0.4, -0.2) is 35.6 Å². The van der Waals surface area contributed by atoms with Crippen molar-refractivity contribution in [1.82, 2.24) is 4.90 Å². The second-order valence-corrected chi connectivity index (χ2v) is 9.85. The van der Waals surface area contributed by atoms with Crippen molar-refractivity contribution in [2.24, 2.45) is 0 Å². The van der Waals surface area contributed by atoms with Gasteiger partial charge in [0.1, 0.15) is 13.2 Å². The van der Waals surface area contributed by atoms with Crippen LogP contribution in [0.3, 0.4) is 0 Å². The zero-order valence-electron chi connectivity index (χ0n) is 19.0. The Kier molecular flexibility index (Phi) is 8.35.